The number of aryl methyl sites for hydroxylation is 1. The lowest BCUT2D eigenvalue weighted by molar-refractivity contribution is -0.0342. The van der Waals surface area contributed by atoms with Gasteiger partial charge in [0.1, 0.15) is 17.0 Å². The molecule has 0 amide bonds. The Hall–Kier alpha value is -2.09. The first-order valence-electron chi connectivity index (χ1n) is 27.2. The van der Waals surface area contributed by atoms with Crippen molar-refractivity contribution in [2.24, 2.45) is 41.4 Å². The van der Waals surface area contributed by atoms with Crippen molar-refractivity contribution in [3.63, 3.8) is 0 Å². The van der Waals surface area contributed by atoms with E-state index >= 15 is 0 Å². The molecule has 0 N–H and O–H groups in total. The Bertz CT molecular complexity index is 2520. The Morgan fingerprint density at radius 1 is 0.440 bits per heavy atom. The van der Waals surface area contributed by atoms with Gasteiger partial charge in [0.05, 0.1) is 25.3 Å². The second-order valence-corrected chi connectivity index (χ2v) is 48.2. The minimum atomic E-state index is -4.18. The van der Waals surface area contributed by atoms with Crippen molar-refractivity contribution in [1.29, 1.82) is 0 Å². The third kappa shape index (κ3) is 12.5. The van der Waals surface area contributed by atoms with Gasteiger partial charge in [0, 0.05) is 78.6 Å². The summed E-state index contributed by atoms with van der Waals surface area (Å²) in [5, 5.41) is 10.1. The Labute approximate surface area is 453 Å². The topological polar surface area (TPSA) is 182 Å². The Morgan fingerprint density at radius 2 is 0.813 bits per heavy atom. The van der Waals surface area contributed by atoms with Gasteiger partial charge in [0.15, 0.2) is 11.5 Å². The summed E-state index contributed by atoms with van der Waals surface area (Å²) >= 11 is 0. The molecule has 2 aromatic heterocycles. The van der Waals surface area contributed by atoms with Crippen molar-refractivity contribution >= 4 is 92.4 Å². The van der Waals surface area contributed by atoms with Gasteiger partial charge in [-0.3, -0.25) is 4.98 Å². The highest BCUT2D eigenvalue weighted by molar-refractivity contribution is 7.03. The van der Waals surface area contributed by atoms with Crippen LogP contribution in [0.4, 0.5) is 0 Å². The summed E-state index contributed by atoms with van der Waals surface area (Å²) < 4.78 is 115. The summed E-state index contributed by atoms with van der Waals surface area (Å²) in [6.07, 6.45) is 2.21. The van der Waals surface area contributed by atoms with Crippen LogP contribution >= 0.6 is 0 Å². The number of benzene rings is 2. The molecule has 75 heavy (non-hydrogen) atoms. The first-order chi connectivity index (χ1) is 35.3. The number of methoxy groups -OCH3 is 2. The van der Waals surface area contributed by atoms with Crippen LogP contribution in [0.15, 0.2) is 42.6 Å². The lowest BCUT2D eigenvalue weighted by Gasteiger charge is -2.64. The van der Waals surface area contributed by atoms with E-state index in [0.29, 0.717) is 95.3 Å². The summed E-state index contributed by atoms with van der Waals surface area (Å²) in [5.41, 5.74) is 2.21. The minimum absolute atomic E-state index is 0.0563. The van der Waals surface area contributed by atoms with Gasteiger partial charge in [0.25, 0.3) is 0 Å². The number of aromatic nitrogens is 4. The molecule has 0 saturated carbocycles. The molecule has 0 atom stereocenters. The molecule has 0 aliphatic carbocycles. The van der Waals surface area contributed by atoms with E-state index in [1.165, 1.54) is 0 Å². The molecule has 4 aromatic rings. The highest BCUT2D eigenvalue weighted by atomic mass is 28.6. The van der Waals surface area contributed by atoms with Crippen molar-refractivity contribution < 1.29 is 63.6 Å². The van der Waals surface area contributed by atoms with E-state index in [-0.39, 0.29) is 41.4 Å². The molecule has 8 bridgehead atoms. The normalized spacial score (nSPS) is 32.6. The average Bonchev–Trinajstić information content (AvgIpc) is 3.63. The van der Waals surface area contributed by atoms with E-state index in [9.17, 15) is 0 Å². The largest absolute Gasteiger partial charge is 0.493 e. The fraction of sp³-hybridized carbons (Fsp3) is 0.688. The number of hydrogen-bond donors (Lipinski definition) is 0. The zero-order valence-electron chi connectivity index (χ0n) is 47.1. The number of rotatable bonds is 22. The van der Waals surface area contributed by atoms with Gasteiger partial charge in [-0.25, -0.2) is 4.68 Å². The van der Waals surface area contributed by atoms with E-state index < -0.39 is 70.4 Å². The van der Waals surface area contributed by atoms with Gasteiger partial charge in [-0.2, -0.15) is 0 Å². The lowest BCUT2D eigenvalue weighted by Crippen LogP contribution is -2.88. The predicted octanol–water partition coefficient (Wildman–Crippen LogP) is 11.5. The Morgan fingerprint density at radius 3 is 1.19 bits per heavy atom. The Kier molecular flexibility index (Phi) is 16.7. The first-order valence-corrected chi connectivity index (χ1v) is 42.7. The number of ether oxygens (including phenoxy) is 3. The predicted molar refractivity (Wildman–Crippen MR) is 298 cm³/mol. The van der Waals surface area contributed by atoms with Crippen molar-refractivity contribution in [3.05, 3.63) is 42.6 Å². The van der Waals surface area contributed by atoms with Crippen LogP contribution in [0.25, 0.3) is 21.9 Å². The Balaban J connectivity index is 1.16. The monoisotopic (exact) mass is 1180 g/mol. The number of hydrogen-bond acceptors (Lipinski definition) is 18. The van der Waals surface area contributed by atoms with Crippen LogP contribution in [0.2, 0.25) is 48.4 Å². The summed E-state index contributed by atoms with van der Waals surface area (Å²) in [5.74, 6) is 2.86. The quantitative estimate of drug-likeness (QED) is 0.0677. The van der Waals surface area contributed by atoms with Crippen LogP contribution in [0.3, 0.4) is 0 Å². The van der Waals surface area contributed by atoms with Gasteiger partial charge in [-0.15, -0.1) is 5.10 Å². The molecule has 0 unspecified atom stereocenters. The maximum atomic E-state index is 7.99. The van der Waals surface area contributed by atoms with Crippen LogP contribution in [0.5, 0.6) is 23.0 Å². The maximum Gasteiger partial charge on any atom is 0.479 e. The third-order valence-electron chi connectivity index (χ3n) is 13.1. The summed E-state index contributed by atoms with van der Waals surface area (Å²) in [6, 6.07) is 14.7. The molecule has 6 fully saturated rings. The zero-order valence-corrected chi connectivity index (χ0v) is 55.1. The van der Waals surface area contributed by atoms with Crippen LogP contribution < -0.4 is 14.2 Å². The second-order valence-electron chi connectivity index (χ2n) is 24.1. The number of fused-ring (bicyclic) bond motifs is 2. The fourth-order valence-corrected chi connectivity index (χ4v) is 62.7. The molecule has 2 aromatic carbocycles. The van der Waals surface area contributed by atoms with Crippen LogP contribution in [0.1, 0.15) is 103 Å². The molecule has 6 aliphatic rings. The highest BCUT2D eigenvalue weighted by Gasteiger charge is 2.83. The minimum Gasteiger partial charge on any atom is -0.493 e. The van der Waals surface area contributed by atoms with Gasteiger partial charge >= 0.3 is 70.4 Å². The zero-order chi connectivity index (χ0) is 54.0. The molecular weight excluding hydrogens is 1100 g/mol. The molecular formula is C48H82N4O15Si8. The van der Waals surface area contributed by atoms with Gasteiger partial charge in [-0.05, 0) is 72.1 Å². The molecule has 10 rings (SSSR count). The van der Waals surface area contributed by atoms with E-state index in [4.69, 9.17) is 63.6 Å². The lowest BCUT2D eigenvalue weighted by atomic mass is 10.2. The SMILES string of the molecule is COc1cc2nccc(Oc3ccc4c(c3)nnn4CCC[Si]34O[Si]5(CC(C)C)O[Si]6(CC(C)C)O[Si](CC(C)C)(O3)O[Si]3(CC(C)C)O[Si](CC(C)C)(O4)O[Si](CC(C)C)(O5)O[Si](CC(C)C)(O6)O3)c2cc1OC. The average molecular weight is 1180 g/mol. The number of nitrogens with zero attached hydrogens (tertiary/aromatic N) is 4. The van der Waals surface area contributed by atoms with E-state index in [0.717, 1.165) is 10.9 Å². The van der Waals surface area contributed by atoms with Gasteiger partial charge in [0.2, 0.25) is 0 Å². The van der Waals surface area contributed by atoms with E-state index in [2.05, 4.69) is 112 Å². The fourth-order valence-electron chi connectivity index (χ4n) is 11.2. The summed E-state index contributed by atoms with van der Waals surface area (Å²) in [6.45, 7) is 30.7. The number of pyridine rings is 1. The molecule has 6 saturated heterocycles. The van der Waals surface area contributed by atoms with E-state index in [1.807, 2.05) is 41.1 Å². The van der Waals surface area contributed by atoms with Crippen molar-refractivity contribution in [2.45, 2.75) is 158 Å². The molecule has 416 valence electrons. The molecule has 0 spiro atoms. The van der Waals surface area contributed by atoms with Crippen molar-refractivity contribution in [1.82, 2.24) is 20.0 Å². The van der Waals surface area contributed by atoms with Crippen molar-refractivity contribution in [2.75, 3.05) is 14.2 Å². The second kappa shape index (κ2) is 21.8. The van der Waals surface area contributed by atoms with Crippen LogP contribution in [-0.2, 0) is 55.9 Å². The van der Waals surface area contributed by atoms with E-state index in [1.54, 1.807) is 20.4 Å². The van der Waals surface area contributed by atoms with Crippen LogP contribution in [0, 0.1) is 41.4 Å². The van der Waals surface area contributed by atoms with Crippen LogP contribution in [-0.4, -0.2) is 105 Å². The van der Waals surface area contributed by atoms with Crippen molar-refractivity contribution in [3.8, 4) is 23.0 Å². The summed E-state index contributed by atoms with van der Waals surface area (Å²) in [7, 11) is -29.2. The third-order valence-corrected chi connectivity index (χ3v) is 53.2. The maximum absolute atomic E-state index is 7.99. The highest BCUT2D eigenvalue weighted by Crippen LogP contribution is 2.56. The smallest absolute Gasteiger partial charge is 0.479 e. The van der Waals surface area contributed by atoms with Gasteiger partial charge < -0.3 is 63.6 Å². The molecule has 0 radical (unpaired) electrons. The molecule has 19 nitrogen and oxygen atoms in total. The van der Waals surface area contributed by atoms with Gasteiger partial charge in [-0.1, -0.05) is 102 Å². The molecule has 27 heteroatoms. The summed E-state index contributed by atoms with van der Waals surface area (Å²) in [4.78, 5) is 4.54. The molecule has 8 heterocycles. The standard InChI is InChI=1S/C48H82N4O15Si8/c1-34(2)27-69-56-68(23-17-22-52-45-19-18-41(24-44(45)50-51-52)55-46-20-21-49-43-26-48(54-16)47(53-15)25-42(43)46)57-70(28-35(3)4)61-72(59-69,30-37(7)8)65-75(33-40(13)14)66-73(60-69,31-38(9)10)62-71(58-68,29-36(5)6)64-74(63-70,67-75)32-39(11)12/h18-21,24-26,34-40H,17,22-23,27-33H2,1-16H3. The molecule has 6 aliphatic heterocycles. The first kappa shape index (κ1) is 57.6.